The second kappa shape index (κ2) is 6.54. The third kappa shape index (κ3) is 3.84. The zero-order valence-electron chi connectivity index (χ0n) is 11.6. The number of hydrogen-bond donors (Lipinski definition) is 2. The summed E-state index contributed by atoms with van der Waals surface area (Å²) in [5.41, 5.74) is 1.50. The molecule has 102 valence electrons. The van der Waals surface area contributed by atoms with Crippen LogP contribution in [0, 0.1) is 0 Å². The Hall–Kier alpha value is -1.36. The fraction of sp³-hybridized carbons (Fsp3) is 0.692. The van der Waals surface area contributed by atoms with E-state index in [9.17, 15) is 4.79 Å². The second-order valence-corrected chi connectivity index (χ2v) is 4.97. The maximum absolute atomic E-state index is 12.0. The molecule has 0 fully saturated rings. The van der Waals surface area contributed by atoms with Crippen LogP contribution in [0.5, 0.6) is 0 Å². The Morgan fingerprint density at radius 3 is 2.67 bits per heavy atom. The van der Waals surface area contributed by atoms with Gasteiger partial charge in [0.1, 0.15) is 5.69 Å². The van der Waals surface area contributed by atoms with Crippen LogP contribution in [0.4, 0.5) is 0 Å². The summed E-state index contributed by atoms with van der Waals surface area (Å²) in [7, 11) is 1.85. The predicted octanol–water partition coefficient (Wildman–Crippen LogP) is 1.43. The molecule has 18 heavy (non-hydrogen) atoms. The van der Waals surface area contributed by atoms with Gasteiger partial charge in [-0.2, -0.15) is 5.10 Å². The van der Waals surface area contributed by atoms with Crippen molar-refractivity contribution in [2.75, 3.05) is 6.61 Å². The number of aryl methyl sites for hydroxylation is 1. The van der Waals surface area contributed by atoms with Crippen LogP contribution < -0.4 is 5.32 Å². The maximum Gasteiger partial charge on any atom is 0.271 e. The van der Waals surface area contributed by atoms with Crippen molar-refractivity contribution in [3.63, 3.8) is 0 Å². The van der Waals surface area contributed by atoms with Crippen molar-refractivity contribution >= 4 is 5.91 Å². The molecule has 1 amide bonds. The van der Waals surface area contributed by atoms with E-state index in [1.165, 1.54) is 0 Å². The Bertz CT molecular complexity index is 399. The third-order valence-electron chi connectivity index (χ3n) is 2.91. The highest BCUT2D eigenvalue weighted by molar-refractivity contribution is 5.92. The molecule has 0 aliphatic heterocycles. The van der Waals surface area contributed by atoms with Gasteiger partial charge >= 0.3 is 0 Å². The fourth-order valence-corrected chi connectivity index (χ4v) is 1.90. The first-order valence-electron chi connectivity index (χ1n) is 6.41. The molecule has 0 unspecified atom stereocenters. The van der Waals surface area contributed by atoms with Crippen molar-refractivity contribution in [1.82, 2.24) is 15.1 Å². The lowest BCUT2D eigenvalue weighted by Gasteiger charge is -2.11. The maximum atomic E-state index is 12.0. The minimum Gasteiger partial charge on any atom is -0.396 e. The number of nitrogens with one attached hydrogen (secondary N) is 1. The minimum atomic E-state index is -0.150. The molecule has 1 aromatic heterocycles. The van der Waals surface area contributed by atoms with Crippen LogP contribution in [-0.2, 0) is 7.05 Å². The Balaban J connectivity index is 2.64. The first-order valence-corrected chi connectivity index (χ1v) is 6.41. The number of carbonyl (C=O) groups is 1. The first kappa shape index (κ1) is 14.7. The van der Waals surface area contributed by atoms with E-state index in [1.807, 2.05) is 20.0 Å². The number of rotatable bonds is 6. The van der Waals surface area contributed by atoms with Crippen LogP contribution >= 0.6 is 0 Å². The number of aromatic nitrogens is 2. The molecule has 0 aromatic carbocycles. The number of nitrogens with zero attached hydrogens (tertiary/aromatic N) is 2. The molecular weight excluding hydrogens is 230 g/mol. The molecule has 1 atom stereocenters. The second-order valence-electron chi connectivity index (χ2n) is 4.97. The summed E-state index contributed by atoms with van der Waals surface area (Å²) in [6.45, 7) is 6.23. The van der Waals surface area contributed by atoms with Gasteiger partial charge in [-0.15, -0.1) is 0 Å². The molecular formula is C13H23N3O2. The van der Waals surface area contributed by atoms with Gasteiger partial charge < -0.3 is 10.4 Å². The Morgan fingerprint density at radius 2 is 2.17 bits per heavy atom. The highest BCUT2D eigenvalue weighted by Crippen LogP contribution is 2.14. The van der Waals surface area contributed by atoms with Crippen LogP contribution in [0.15, 0.2) is 6.07 Å². The summed E-state index contributed by atoms with van der Waals surface area (Å²) in [6.07, 6.45) is 1.47. The normalized spacial score (nSPS) is 12.8. The molecule has 0 saturated carbocycles. The number of carbonyl (C=O) groups excluding carboxylic acids is 1. The van der Waals surface area contributed by atoms with Crippen LogP contribution in [0.3, 0.4) is 0 Å². The van der Waals surface area contributed by atoms with E-state index < -0.39 is 0 Å². The molecule has 1 rings (SSSR count). The Kier molecular flexibility index (Phi) is 5.34. The summed E-state index contributed by atoms with van der Waals surface area (Å²) in [6, 6.07) is 1.88. The van der Waals surface area contributed by atoms with E-state index in [0.717, 1.165) is 12.1 Å². The zero-order chi connectivity index (χ0) is 13.7. The van der Waals surface area contributed by atoms with E-state index in [2.05, 4.69) is 24.3 Å². The van der Waals surface area contributed by atoms with E-state index in [0.29, 0.717) is 18.0 Å². The third-order valence-corrected chi connectivity index (χ3v) is 2.91. The molecule has 0 spiro atoms. The summed E-state index contributed by atoms with van der Waals surface area (Å²) in [4.78, 5) is 12.0. The Labute approximate surface area is 108 Å². The lowest BCUT2D eigenvalue weighted by atomic mass is 10.1. The number of aliphatic hydroxyl groups is 1. The molecule has 0 bridgehead atoms. The topological polar surface area (TPSA) is 67.2 Å². The smallest absolute Gasteiger partial charge is 0.271 e. The average Bonchev–Trinajstić information content (AvgIpc) is 2.68. The fourth-order valence-electron chi connectivity index (χ4n) is 1.90. The molecule has 1 aromatic rings. The molecule has 0 aliphatic rings. The Morgan fingerprint density at radius 1 is 1.50 bits per heavy atom. The largest absolute Gasteiger partial charge is 0.396 e. The van der Waals surface area contributed by atoms with Gasteiger partial charge in [0, 0.05) is 25.4 Å². The quantitative estimate of drug-likeness (QED) is 0.806. The summed E-state index contributed by atoms with van der Waals surface area (Å²) in [5, 5.41) is 15.8. The van der Waals surface area contributed by atoms with E-state index >= 15 is 0 Å². The van der Waals surface area contributed by atoms with Gasteiger partial charge in [0.15, 0.2) is 0 Å². The van der Waals surface area contributed by atoms with Crippen LogP contribution in [0.1, 0.15) is 55.7 Å². The highest BCUT2D eigenvalue weighted by Gasteiger charge is 2.16. The van der Waals surface area contributed by atoms with Crippen molar-refractivity contribution in [3.8, 4) is 0 Å². The van der Waals surface area contributed by atoms with Crippen LogP contribution in [0.25, 0.3) is 0 Å². The van der Waals surface area contributed by atoms with Crippen molar-refractivity contribution in [1.29, 1.82) is 0 Å². The summed E-state index contributed by atoms with van der Waals surface area (Å²) >= 11 is 0. The van der Waals surface area contributed by atoms with Crippen molar-refractivity contribution in [3.05, 3.63) is 17.5 Å². The average molecular weight is 253 g/mol. The molecule has 5 nitrogen and oxygen atoms in total. The number of aliphatic hydroxyl groups excluding tert-OH is 1. The van der Waals surface area contributed by atoms with Gasteiger partial charge in [0.25, 0.3) is 5.91 Å². The van der Waals surface area contributed by atoms with Gasteiger partial charge in [0.2, 0.25) is 0 Å². The molecule has 0 radical (unpaired) electrons. The van der Waals surface area contributed by atoms with Crippen molar-refractivity contribution in [2.45, 2.75) is 45.6 Å². The number of hydrogen-bond acceptors (Lipinski definition) is 3. The van der Waals surface area contributed by atoms with Crippen LogP contribution in [0.2, 0.25) is 0 Å². The van der Waals surface area contributed by atoms with E-state index in [1.54, 1.807) is 4.68 Å². The van der Waals surface area contributed by atoms with Gasteiger partial charge in [-0.3, -0.25) is 9.48 Å². The minimum absolute atomic E-state index is 0.0501. The lowest BCUT2D eigenvalue weighted by Crippen LogP contribution is -2.33. The predicted molar refractivity (Wildman–Crippen MR) is 70.5 cm³/mol. The standard InChI is InChI=1S/C13H23N3O2/c1-9(2)12-8-11(15-16(12)4)13(18)14-10(3)6-5-7-17/h8-10,17H,5-7H2,1-4H3,(H,14,18)/t10-/m1/s1. The van der Waals surface area contributed by atoms with Crippen molar-refractivity contribution < 1.29 is 9.90 Å². The SMILES string of the molecule is CC(C)c1cc(C(=O)N[C@H](C)CCCO)nn1C. The highest BCUT2D eigenvalue weighted by atomic mass is 16.3. The van der Waals surface area contributed by atoms with Gasteiger partial charge in [-0.05, 0) is 31.7 Å². The molecule has 1 heterocycles. The molecule has 5 heteroatoms. The lowest BCUT2D eigenvalue weighted by molar-refractivity contribution is 0.0930. The molecule has 0 aliphatic carbocycles. The summed E-state index contributed by atoms with van der Waals surface area (Å²) < 4.78 is 1.75. The van der Waals surface area contributed by atoms with Crippen LogP contribution in [-0.4, -0.2) is 33.4 Å². The van der Waals surface area contributed by atoms with E-state index in [4.69, 9.17) is 5.11 Å². The van der Waals surface area contributed by atoms with Crippen molar-refractivity contribution in [2.24, 2.45) is 7.05 Å². The zero-order valence-corrected chi connectivity index (χ0v) is 11.6. The van der Waals surface area contributed by atoms with Gasteiger partial charge in [0.05, 0.1) is 0 Å². The van der Waals surface area contributed by atoms with Gasteiger partial charge in [-0.25, -0.2) is 0 Å². The van der Waals surface area contributed by atoms with E-state index in [-0.39, 0.29) is 18.6 Å². The molecule has 2 N–H and O–H groups in total. The molecule has 0 saturated heterocycles. The summed E-state index contributed by atoms with van der Waals surface area (Å²) in [5.74, 6) is 0.193. The monoisotopic (exact) mass is 253 g/mol. The number of amides is 1. The first-order chi connectivity index (χ1) is 8.45. The van der Waals surface area contributed by atoms with Gasteiger partial charge in [-0.1, -0.05) is 13.8 Å².